The third-order valence-corrected chi connectivity index (χ3v) is 4.29. The van der Waals surface area contributed by atoms with Crippen LogP contribution in [-0.2, 0) is 0 Å². The van der Waals surface area contributed by atoms with Gasteiger partial charge in [-0.2, -0.15) is 0 Å². The van der Waals surface area contributed by atoms with Gasteiger partial charge in [-0.05, 0) is 12.3 Å². The van der Waals surface area contributed by atoms with Gasteiger partial charge >= 0.3 is 0 Å². The molecule has 0 bridgehead atoms. The molecule has 2 heterocycles. The zero-order chi connectivity index (χ0) is 9.09. The lowest BCUT2D eigenvalue weighted by molar-refractivity contribution is 0.0881. The van der Waals surface area contributed by atoms with Crippen molar-refractivity contribution < 1.29 is 0 Å². The smallest absolute Gasteiger partial charge is 0.0894 e. The first-order chi connectivity index (χ1) is 5.43. The Balaban J connectivity index is 2.05. The average molecular weight is 186 g/mol. The van der Waals surface area contributed by atoms with E-state index in [4.69, 9.17) is 0 Å². The van der Waals surface area contributed by atoms with Crippen LogP contribution in [0.4, 0.5) is 0 Å². The maximum Gasteiger partial charge on any atom is 0.0894 e. The van der Waals surface area contributed by atoms with E-state index >= 15 is 0 Å². The van der Waals surface area contributed by atoms with Crippen molar-refractivity contribution in [2.45, 2.75) is 44.5 Å². The molecular formula is C9H18N2S. The summed E-state index contributed by atoms with van der Waals surface area (Å²) in [5, 5.41) is 6.33. The highest BCUT2D eigenvalue weighted by Crippen LogP contribution is 2.54. The molecule has 0 radical (unpaired) electrons. The van der Waals surface area contributed by atoms with Crippen LogP contribution in [0.15, 0.2) is 0 Å². The molecule has 2 nitrogen and oxygen atoms in total. The van der Waals surface area contributed by atoms with Gasteiger partial charge in [-0.3, -0.25) is 0 Å². The Bertz CT molecular complexity index is 199. The van der Waals surface area contributed by atoms with Crippen molar-refractivity contribution in [3.05, 3.63) is 0 Å². The molecule has 2 fully saturated rings. The molecule has 3 heteroatoms. The number of nitrogens with zero attached hydrogens (tertiary/aromatic N) is 2. The van der Waals surface area contributed by atoms with Gasteiger partial charge in [0.2, 0.25) is 0 Å². The fraction of sp³-hybridized carbons (Fsp3) is 1.00. The van der Waals surface area contributed by atoms with E-state index in [-0.39, 0.29) is 0 Å². The molecule has 0 spiro atoms. The van der Waals surface area contributed by atoms with Crippen LogP contribution >= 0.6 is 11.8 Å². The summed E-state index contributed by atoms with van der Waals surface area (Å²) in [4.78, 5) is 0. The number of hydrogen-bond donors (Lipinski definition) is 0. The minimum atomic E-state index is 0.437. The minimum absolute atomic E-state index is 0.437. The van der Waals surface area contributed by atoms with Crippen molar-refractivity contribution in [3.63, 3.8) is 0 Å². The second-order valence-electron chi connectivity index (χ2n) is 4.89. The Kier molecular flexibility index (Phi) is 1.77. The zero-order valence-corrected chi connectivity index (χ0v) is 9.35. The normalized spacial score (nSPS) is 47.8. The summed E-state index contributed by atoms with van der Waals surface area (Å²) in [6, 6.07) is 0.767. The van der Waals surface area contributed by atoms with Crippen LogP contribution in [0.1, 0.15) is 27.7 Å². The van der Waals surface area contributed by atoms with E-state index in [2.05, 4.69) is 56.5 Å². The zero-order valence-electron chi connectivity index (χ0n) is 8.53. The lowest BCUT2D eigenvalue weighted by atomic mass is 9.92. The van der Waals surface area contributed by atoms with Crippen molar-refractivity contribution in [2.75, 3.05) is 7.05 Å². The second-order valence-corrected chi connectivity index (χ2v) is 6.33. The fourth-order valence-electron chi connectivity index (χ4n) is 2.01. The topological polar surface area (TPSA) is 6.25 Å². The summed E-state index contributed by atoms with van der Waals surface area (Å²) < 4.78 is 0. The Morgan fingerprint density at radius 1 is 1.25 bits per heavy atom. The number of thioether (sulfide) groups is 1. The molecule has 2 saturated heterocycles. The highest BCUT2D eigenvalue weighted by Gasteiger charge is 2.61. The highest BCUT2D eigenvalue weighted by molar-refractivity contribution is 8.00. The fourth-order valence-corrected chi connectivity index (χ4v) is 3.72. The number of hydrogen-bond acceptors (Lipinski definition) is 3. The third kappa shape index (κ3) is 1.10. The van der Waals surface area contributed by atoms with E-state index in [0.717, 1.165) is 11.4 Å². The first kappa shape index (κ1) is 8.85. The van der Waals surface area contributed by atoms with E-state index in [0.29, 0.717) is 10.8 Å². The number of hydrazine groups is 1. The molecule has 0 amide bonds. The predicted molar refractivity (Wildman–Crippen MR) is 53.7 cm³/mol. The van der Waals surface area contributed by atoms with Crippen LogP contribution in [0.25, 0.3) is 0 Å². The van der Waals surface area contributed by atoms with Gasteiger partial charge < -0.3 is 0 Å². The molecule has 0 aromatic carbocycles. The van der Waals surface area contributed by atoms with E-state index < -0.39 is 0 Å². The van der Waals surface area contributed by atoms with Gasteiger partial charge in [0.05, 0.1) is 16.8 Å². The quantitative estimate of drug-likeness (QED) is 0.534. The maximum atomic E-state index is 2.51. The van der Waals surface area contributed by atoms with E-state index in [9.17, 15) is 0 Å². The molecule has 2 aliphatic heterocycles. The van der Waals surface area contributed by atoms with Crippen molar-refractivity contribution in [1.29, 1.82) is 0 Å². The van der Waals surface area contributed by atoms with Crippen molar-refractivity contribution in [2.24, 2.45) is 5.41 Å². The van der Waals surface area contributed by atoms with Gasteiger partial charge in [0.15, 0.2) is 0 Å². The molecule has 2 rings (SSSR count). The molecule has 0 saturated carbocycles. The summed E-state index contributed by atoms with van der Waals surface area (Å²) in [6.45, 7) is 9.26. The van der Waals surface area contributed by atoms with Crippen LogP contribution in [0.3, 0.4) is 0 Å². The Hall–Kier alpha value is 0.270. The van der Waals surface area contributed by atoms with E-state index in [1.165, 1.54) is 0 Å². The Labute approximate surface area is 79.3 Å². The summed E-state index contributed by atoms with van der Waals surface area (Å²) in [5.74, 6) is 0. The van der Waals surface area contributed by atoms with Gasteiger partial charge in [0.1, 0.15) is 0 Å². The molecule has 12 heavy (non-hydrogen) atoms. The second kappa shape index (κ2) is 2.40. The standard InChI is InChI=1S/C9H18N2S/c1-6-10(5)11-7(8(11)12-6)9(2,3)4/h6-8H,1-5H3/t6-,7?,8?,11?/m0/s1. The number of rotatable bonds is 0. The number of fused-ring (bicyclic) bond motifs is 1. The molecule has 0 N–H and O–H groups in total. The summed E-state index contributed by atoms with van der Waals surface area (Å²) >= 11 is 2.09. The predicted octanol–water partition coefficient (Wildman–Crippen LogP) is 1.98. The Morgan fingerprint density at radius 3 is 2.17 bits per heavy atom. The van der Waals surface area contributed by atoms with Gasteiger partial charge in [-0.1, -0.05) is 20.8 Å². The van der Waals surface area contributed by atoms with Crippen LogP contribution in [0.5, 0.6) is 0 Å². The van der Waals surface area contributed by atoms with Crippen LogP contribution in [0, 0.1) is 5.41 Å². The van der Waals surface area contributed by atoms with Crippen molar-refractivity contribution in [1.82, 2.24) is 10.0 Å². The monoisotopic (exact) mass is 186 g/mol. The molecular weight excluding hydrogens is 168 g/mol. The highest BCUT2D eigenvalue weighted by atomic mass is 32.2. The van der Waals surface area contributed by atoms with Gasteiger partial charge in [0, 0.05) is 7.05 Å². The summed E-state index contributed by atoms with van der Waals surface area (Å²) in [7, 11) is 2.20. The molecule has 0 aromatic rings. The SMILES string of the molecule is C[C@@H]1SC2C(C(C)(C)C)N2N1C. The van der Waals surface area contributed by atoms with Crippen LogP contribution < -0.4 is 0 Å². The first-order valence-corrected chi connectivity index (χ1v) is 5.54. The van der Waals surface area contributed by atoms with Gasteiger partial charge in [-0.25, -0.2) is 10.0 Å². The summed E-state index contributed by atoms with van der Waals surface area (Å²) in [5.41, 5.74) is 0.437. The largest absolute Gasteiger partial charge is 0.231 e. The lowest BCUT2D eigenvalue weighted by Crippen LogP contribution is -2.34. The molecule has 70 valence electrons. The molecule has 2 aliphatic rings. The van der Waals surface area contributed by atoms with E-state index in [1.807, 2.05) is 0 Å². The van der Waals surface area contributed by atoms with Gasteiger partial charge in [-0.15, -0.1) is 11.8 Å². The third-order valence-electron chi connectivity index (χ3n) is 2.84. The average Bonchev–Trinajstić information content (AvgIpc) is 2.53. The van der Waals surface area contributed by atoms with Crippen molar-refractivity contribution >= 4 is 11.8 Å². The van der Waals surface area contributed by atoms with Crippen LogP contribution in [-0.4, -0.2) is 33.9 Å². The molecule has 3 unspecified atom stereocenters. The first-order valence-electron chi connectivity index (χ1n) is 4.59. The van der Waals surface area contributed by atoms with Gasteiger partial charge in [0.25, 0.3) is 0 Å². The molecule has 0 aliphatic carbocycles. The van der Waals surface area contributed by atoms with Crippen molar-refractivity contribution in [3.8, 4) is 0 Å². The molecule has 0 aromatic heterocycles. The Morgan fingerprint density at radius 2 is 1.83 bits per heavy atom. The molecule has 4 atom stereocenters. The lowest BCUT2D eigenvalue weighted by Gasteiger charge is -2.26. The summed E-state index contributed by atoms with van der Waals surface area (Å²) in [6.07, 6.45) is 0. The maximum absolute atomic E-state index is 2.51. The van der Waals surface area contributed by atoms with Crippen LogP contribution in [0.2, 0.25) is 0 Å². The minimum Gasteiger partial charge on any atom is -0.231 e. The van der Waals surface area contributed by atoms with E-state index in [1.54, 1.807) is 0 Å².